The van der Waals surface area contributed by atoms with Crippen LogP contribution < -0.4 is 10.5 Å². The lowest BCUT2D eigenvalue weighted by atomic mass is 10.1. The Hall–Kier alpha value is -1.89. The second-order valence-electron chi connectivity index (χ2n) is 5.11. The lowest BCUT2D eigenvalue weighted by Gasteiger charge is -2.18. The molecule has 2 aromatic carbocycles. The smallest absolute Gasteiger partial charge is 0.243 e. The molecule has 0 bridgehead atoms. The number of sulfonamides is 1. The fourth-order valence-electron chi connectivity index (χ4n) is 2.67. The highest BCUT2D eigenvalue weighted by atomic mass is 32.2. The zero-order valence-corrected chi connectivity index (χ0v) is 12.0. The van der Waals surface area contributed by atoms with Crippen LogP contribution in [0.1, 0.15) is 17.2 Å². The van der Waals surface area contributed by atoms with Crippen molar-refractivity contribution >= 4 is 15.7 Å². The molecule has 2 aromatic rings. The number of hydrogen-bond acceptors (Lipinski definition) is 4. The maximum absolute atomic E-state index is 12.5. The molecule has 110 valence electrons. The number of benzene rings is 2. The van der Waals surface area contributed by atoms with Crippen molar-refractivity contribution in [2.75, 3.05) is 5.73 Å². The molecule has 0 fully saturated rings. The van der Waals surface area contributed by atoms with E-state index in [-0.39, 0.29) is 10.6 Å². The number of aliphatic hydroxyl groups excluding tert-OH is 1. The first-order valence-corrected chi connectivity index (χ1v) is 8.10. The molecule has 0 amide bonds. The van der Waals surface area contributed by atoms with Crippen molar-refractivity contribution in [1.29, 1.82) is 0 Å². The number of nitrogens with two attached hydrogens (primary N) is 1. The molecule has 21 heavy (non-hydrogen) atoms. The molecule has 0 unspecified atom stereocenters. The van der Waals surface area contributed by atoms with Crippen LogP contribution in [0.4, 0.5) is 5.69 Å². The summed E-state index contributed by atoms with van der Waals surface area (Å²) in [4.78, 5) is 0.0292. The fraction of sp³-hybridized carbons (Fsp3) is 0.200. The van der Waals surface area contributed by atoms with Crippen molar-refractivity contribution < 1.29 is 13.5 Å². The van der Waals surface area contributed by atoms with E-state index in [0.29, 0.717) is 6.42 Å². The average Bonchev–Trinajstić information content (AvgIpc) is 2.75. The third-order valence-corrected chi connectivity index (χ3v) is 5.21. The van der Waals surface area contributed by atoms with Crippen molar-refractivity contribution in [1.82, 2.24) is 4.72 Å². The van der Waals surface area contributed by atoms with Gasteiger partial charge in [0.2, 0.25) is 10.0 Å². The Bertz CT molecular complexity index is 774. The van der Waals surface area contributed by atoms with Gasteiger partial charge >= 0.3 is 0 Å². The fourth-order valence-corrected chi connectivity index (χ4v) is 4.05. The largest absolute Gasteiger partial charge is 0.398 e. The van der Waals surface area contributed by atoms with Gasteiger partial charge in [-0.05, 0) is 23.3 Å². The number of para-hydroxylation sites is 1. The van der Waals surface area contributed by atoms with Gasteiger partial charge in [0.25, 0.3) is 0 Å². The quantitative estimate of drug-likeness (QED) is 0.743. The van der Waals surface area contributed by atoms with Crippen molar-refractivity contribution in [3.05, 3.63) is 59.7 Å². The van der Waals surface area contributed by atoms with Gasteiger partial charge in [0.1, 0.15) is 4.90 Å². The summed E-state index contributed by atoms with van der Waals surface area (Å²) < 4.78 is 27.5. The molecule has 0 aromatic heterocycles. The standard InChI is InChI=1S/C15H16N2O3S/c16-12-7-3-4-8-14(12)21(19,20)17-15-11-6-2-1-5-10(11)9-13(15)18/h1-8,13,15,17-18H,9,16H2/t13-,15+/m0/s1. The van der Waals surface area contributed by atoms with E-state index in [9.17, 15) is 13.5 Å². The van der Waals surface area contributed by atoms with Gasteiger partial charge in [-0.15, -0.1) is 0 Å². The molecular formula is C15H16N2O3S. The molecule has 2 atom stereocenters. The predicted molar refractivity (Wildman–Crippen MR) is 80.1 cm³/mol. The Balaban J connectivity index is 1.95. The van der Waals surface area contributed by atoms with Crippen LogP contribution in [0, 0.1) is 0 Å². The zero-order chi connectivity index (χ0) is 15.0. The molecule has 6 heteroatoms. The molecule has 3 rings (SSSR count). The summed E-state index contributed by atoms with van der Waals surface area (Å²) in [5.41, 5.74) is 7.68. The van der Waals surface area contributed by atoms with Gasteiger partial charge < -0.3 is 10.8 Å². The minimum absolute atomic E-state index is 0.0292. The van der Waals surface area contributed by atoms with Crippen molar-refractivity contribution in [2.45, 2.75) is 23.5 Å². The Morgan fingerprint density at radius 3 is 2.52 bits per heavy atom. The number of nitrogens with one attached hydrogen (secondary N) is 1. The Morgan fingerprint density at radius 1 is 1.10 bits per heavy atom. The second-order valence-corrected chi connectivity index (χ2v) is 6.79. The summed E-state index contributed by atoms with van der Waals surface area (Å²) >= 11 is 0. The van der Waals surface area contributed by atoms with E-state index in [1.165, 1.54) is 12.1 Å². The predicted octanol–water partition coefficient (Wildman–Crippen LogP) is 1.21. The molecular weight excluding hydrogens is 288 g/mol. The minimum atomic E-state index is -3.79. The summed E-state index contributed by atoms with van der Waals surface area (Å²) in [6, 6.07) is 13.0. The first kappa shape index (κ1) is 14.1. The van der Waals surface area contributed by atoms with Crippen molar-refractivity contribution in [3.8, 4) is 0 Å². The van der Waals surface area contributed by atoms with E-state index in [2.05, 4.69) is 4.72 Å². The normalized spacial score (nSPS) is 21.2. The molecule has 0 radical (unpaired) electrons. The number of rotatable bonds is 3. The van der Waals surface area contributed by atoms with Crippen LogP contribution in [0.3, 0.4) is 0 Å². The van der Waals surface area contributed by atoms with E-state index < -0.39 is 22.2 Å². The topological polar surface area (TPSA) is 92.4 Å². The van der Waals surface area contributed by atoms with E-state index in [0.717, 1.165) is 11.1 Å². The van der Waals surface area contributed by atoms with Crippen LogP contribution in [0.15, 0.2) is 53.4 Å². The van der Waals surface area contributed by atoms with Crippen LogP contribution in [0.2, 0.25) is 0 Å². The van der Waals surface area contributed by atoms with E-state index >= 15 is 0 Å². The lowest BCUT2D eigenvalue weighted by molar-refractivity contribution is 0.151. The molecule has 0 aliphatic heterocycles. The van der Waals surface area contributed by atoms with Crippen LogP contribution in [0.25, 0.3) is 0 Å². The van der Waals surface area contributed by atoms with Gasteiger partial charge in [0.15, 0.2) is 0 Å². The van der Waals surface area contributed by atoms with Crippen molar-refractivity contribution in [2.24, 2.45) is 0 Å². The number of anilines is 1. The second kappa shape index (κ2) is 5.14. The van der Waals surface area contributed by atoms with Gasteiger partial charge in [-0.25, -0.2) is 13.1 Å². The molecule has 5 nitrogen and oxygen atoms in total. The van der Waals surface area contributed by atoms with Gasteiger partial charge in [0, 0.05) is 6.42 Å². The van der Waals surface area contributed by atoms with Gasteiger partial charge in [-0.2, -0.15) is 0 Å². The first-order chi connectivity index (χ1) is 9.99. The highest BCUT2D eigenvalue weighted by Crippen LogP contribution is 2.33. The molecule has 4 N–H and O–H groups in total. The molecule has 1 aliphatic carbocycles. The van der Waals surface area contributed by atoms with Crippen LogP contribution in [0.5, 0.6) is 0 Å². The van der Waals surface area contributed by atoms with E-state index in [1.807, 2.05) is 24.3 Å². The first-order valence-electron chi connectivity index (χ1n) is 6.62. The Labute approximate surface area is 123 Å². The highest BCUT2D eigenvalue weighted by molar-refractivity contribution is 7.89. The summed E-state index contributed by atoms with van der Waals surface area (Å²) in [5, 5.41) is 10.1. The third-order valence-electron chi connectivity index (χ3n) is 3.69. The summed E-state index contributed by atoms with van der Waals surface area (Å²) in [6.07, 6.45) is -0.338. The monoisotopic (exact) mass is 304 g/mol. The van der Waals surface area contributed by atoms with Crippen molar-refractivity contribution in [3.63, 3.8) is 0 Å². The van der Waals surface area contributed by atoms with E-state index in [1.54, 1.807) is 12.1 Å². The summed E-state index contributed by atoms with van der Waals surface area (Å²) in [7, 11) is -3.79. The summed E-state index contributed by atoms with van der Waals surface area (Å²) in [5.74, 6) is 0. The molecule has 0 saturated carbocycles. The number of hydrogen-bond donors (Lipinski definition) is 3. The highest BCUT2D eigenvalue weighted by Gasteiger charge is 2.34. The lowest BCUT2D eigenvalue weighted by Crippen LogP contribution is -2.34. The Morgan fingerprint density at radius 2 is 1.76 bits per heavy atom. The number of fused-ring (bicyclic) bond motifs is 1. The molecule has 1 aliphatic rings. The third kappa shape index (κ3) is 2.53. The van der Waals surface area contributed by atoms with Gasteiger partial charge in [0.05, 0.1) is 17.8 Å². The minimum Gasteiger partial charge on any atom is -0.398 e. The van der Waals surface area contributed by atoms with Crippen LogP contribution in [-0.4, -0.2) is 19.6 Å². The summed E-state index contributed by atoms with van der Waals surface area (Å²) in [6.45, 7) is 0. The zero-order valence-electron chi connectivity index (χ0n) is 11.2. The SMILES string of the molecule is Nc1ccccc1S(=O)(=O)N[C@@H]1c2ccccc2C[C@@H]1O. The Kier molecular flexibility index (Phi) is 3.44. The van der Waals surface area contributed by atoms with Crippen LogP contribution >= 0.6 is 0 Å². The number of nitrogen functional groups attached to an aromatic ring is 1. The molecule has 0 heterocycles. The molecule has 0 saturated heterocycles. The van der Waals surface area contributed by atoms with Crippen LogP contribution in [-0.2, 0) is 16.4 Å². The maximum atomic E-state index is 12.5. The van der Waals surface area contributed by atoms with Gasteiger partial charge in [-0.1, -0.05) is 36.4 Å². The molecule has 0 spiro atoms. The maximum Gasteiger partial charge on any atom is 0.243 e. The van der Waals surface area contributed by atoms with Gasteiger partial charge in [-0.3, -0.25) is 0 Å². The average molecular weight is 304 g/mol. The van der Waals surface area contributed by atoms with E-state index in [4.69, 9.17) is 5.73 Å². The number of aliphatic hydroxyl groups is 1.